The molecule has 4 rings (SSSR count). The molecule has 1 heterocycles. The topological polar surface area (TPSA) is 38.8 Å². The largest absolute Gasteiger partial charge is 0.493 e. The predicted molar refractivity (Wildman–Crippen MR) is 141 cm³/mol. The first-order valence-electron chi connectivity index (χ1n) is 9.50. The summed E-state index contributed by atoms with van der Waals surface area (Å²) in [4.78, 5) is 14.4. The molecule has 0 saturated carbocycles. The molecule has 0 bridgehead atoms. The minimum Gasteiger partial charge on any atom is -0.493 e. The van der Waals surface area contributed by atoms with Crippen molar-refractivity contribution in [3.05, 3.63) is 84.4 Å². The first-order chi connectivity index (χ1) is 15.4. The molecule has 0 spiro atoms. The van der Waals surface area contributed by atoms with E-state index < -0.39 is 0 Å². The van der Waals surface area contributed by atoms with Gasteiger partial charge in [-0.05, 0) is 76.7 Å². The first kappa shape index (κ1) is 23.8. The van der Waals surface area contributed by atoms with E-state index in [1.165, 1.54) is 0 Å². The van der Waals surface area contributed by atoms with Crippen LogP contribution in [-0.4, -0.2) is 18.8 Å². The van der Waals surface area contributed by atoms with E-state index in [1.807, 2.05) is 30.3 Å². The Morgan fingerprint density at radius 1 is 1.06 bits per heavy atom. The summed E-state index contributed by atoms with van der Waals surface area (Å²) in [6.45, 7) is 0.273. The summed E-state index contributed by atoms with van der Waals surface area (Å²) >= 11 is 22.1. The zero-order valence-corrected chi connectivity index (χ0v) is 22.0. The van der Waals surface area contributed by atoms with Gasteiger partial charge in [0.1, 0.15) is 12.0 Å². The summed E-state index contributed by atoms with van der Waals surface area (Å²) in [5.74, 6) is 1.66. The molecular formula is C23H17Cl3INO3S. The van der Waals surface area contributed by atoms with Crippen LogP contribution >= 0.6 is 69.2 Å². The van der Waals surface area contributed by atoms with Crippen molar-refractivity contribution in [3.8, 4) is 11.5 Å². The molecule has 1 saturated heterocycles. The highest BCUT2D eigenvalue weighted by Gasteiger charge is 2.35. The Kier molecular flexibility index (Phi) is 7.67. The molecular weight excluding hydrogens is 604 g/mol. The number of nitrogens with zero attached hydrogens (tertiary/aromatic N) is 1. The number of carbonyl (C=O) groups excluding carboxylic acids is 1. The average Bonchev–Trinajstić information content (AvgIpc) is 3.15. The van der Waals surface area contributed by atoms with Gasteiger partial charge in [0.25, 0.3) is 0 Å². The molecule has 0 unspecified atom stereocenters. The van der Waals surface area contributed by atoms with E-state index in [1.54, 1.807) is 48.0 Å². The lowest BCUT2D eigenvalue weighted by molar-refractivity contribution is -0.115. The van der Waals surface area contributed by atoms with Gasteiger partial charge in [0.05, 0.1) is 16.4 Å². The number of carbonyl (C=O) groups is 1. The van der Waals surface area contributed by atoms with Crippen LogP contribution < -0.4 is 14.4 Å². The second-order valence-corrected chi connectivity index (χ2v) is 10.5. The number of hydrogen-bond acceptors (Lipinski definition) is 4. The van der Waals surface area contributed by atoms with Crippen molar-refractivity contribution in [1.82, 2.24) is 0 Å². The monoisotopic (exact) mass is 619 g/mol. The van der Waals surface area contributed by atoms with Crippen LogP contribution in [0, 0.1) is 3.57 Å². The number of hydrogen-bond donors (Lipinski definition) is 0. The van der Waals surface area contributed by atoms with Crippen LogP contribution in [0.25, 0.3) is 0 Å². The molecule has 1 atom stereocenters. The second-order valence-electron chi connectivity index (χ2n) is 6.96. The van der Waals surface area contributed by atoms with Gasteiger partial charge in [-0.25, -0.2) is 0 Å². The van der Waals surface area contributed by atoms with Crippen LogP contribution in [0.5, 0.6) is 11.5 Å². The Hall–Kier alpha value is -1.32. The number of methoxy groups -OCH3 is 1. The number of halogens is 4. The molecule has 9 heteroatoms. The van der Waals surface area contributed by atoms with Crippen LogP contribution in [0.3, 0.4) is 0 Å². The van der Waals surface area contributed by atoms with E-state index in [0.717, 1.165) is 20.4 Å². The van der Waals surface area contributed by atoms with E-state index in [4.69, 9.17) is 44.3 Å². The fraction of sp³-hybridized carbons (Fsp3) is 0.174. The van der Waals surface area contributed by atoms with E-state index in [0.29, 0.717) is 32.3 Å². The van der Waals surface area contributed by atoms with Crippen LogP contribution in [0.15, 0.2) is 54.6 Å². The van der Waals surface area contributed by atoms with Crippen molar-refractivity contribution in [2.45, 2.75) is 12.0 Å². The third kappa shape index (κ3) is 5.09. The summed E-state index contributed by atoms with van der Waals surface area (Å²) in [6, 6.07) is 16.5. The summed E-state index contributed by atoms with van der Waals surface area (Å²) < 4.78 is 12.6. The summed E-state index contributed by atoms with van der Waals surface area (Å²) in [6.07, 6.45) is 0. The molecule has 32 heavy (non-hydrogen) atoms. The Labute approximate surface area is 219 Å². The molecule has 4 nitrogen and oxygen atoms in total. The third-order valence-electron chi connectivity index (χ3n) is 4.90. The molecule has 0 aliphatic carbocycles. The van der Waals surface area contributed by atoms with E-state index >= 15 is 0 Å². The van der Waals surface area contributed by atoms with E-state index in [9.17, 15) is 4.79 Å². The number of amides is 1. The van der Waals surface area contributed by atoms with Gasteiger partial charge >= 0.3 is 0 Å². The molecule has 1 amide bonds. The first-order valence-corrected chi connectivity index (χ1v) is 12.8. The Morgan fingerprint density at radius 3 is 2.47 bits per heavy atom. The fourth-order valence-corrected chi connectivity index (χ4v) is 5.89. The van der Waals surface area contributed by atoms with Gasteiger partial charge in [-0.15, -0.1) is 11.8 Å². The number of benzene rings is 3. The van der Waals surface area contributed by atoms with Crippen molar-refractivity contribution in [2.24, 2.45) is 0 Å². The summed E-state index contributed by atoms with van der Waals surface area (Å²) in [5.41, 5.74) is 2.58. The maximum atomic E-state index is 12.7. The highest BCUT2D eigenvalue weighted by molar-refractivity contribution is 14.1. The maximum Gasteiger partial charge on any atom is 0.238 e. The van der Waals surface area contributed by atoms with Crippen molar-refractivity contribution in [2.75, 3.05) is 17.8 Å². The minimum absolute atomic E-state index is 0.0500. The number of ether oxygens (including phenoxy) is 2. The smallest absolute Gasteiger partial charge is 0.238 e. The zero-order chi connectivity index (χ0) is 22.8. The van der Waals surface area contributed by atoms with Crippen LogP contribution in [-0.2, 0) is 11.4 Å². The minimum atomic E-state index is -0.175. The van der Waals surface area contributed by atoms with Crippen LogP contribution in [0.4, 0.5) is 5.69 Å². The van der Waals surface area contributed by atoms with Gasteiger partial charge in [-0.1, -0.05) is 40.9 Å². The van der Waals surface area contributed by atoms with Gasteiger partial charge < -0.3 is 9.47 Å². The highest BCUT2D eigenvalue weighted by atomic mass is 127. The van der Waals surface area contributed by atoms with Crippen LogP contribution in [0.2, 0.25) is 15.1 Å². The number of rotatable bonds is 6. The quantitative estimate of drug-likeness (QED) is 0.266. The second kappa shape index (κ2) is 10.3. The van der Waals surface area contributed by atoms with Gasteiger partial charge in [0.2, 0.25) is 5.91 Å². The van der Waals surface area contributed by atoms with Crippen LogP contribution in [0.1, 0.15) is 16.5 Å². The molecule has 3 aromatic carbocycles. The highest BCUT2D eigenvalue weighted by Crippen LogP contribution is 2.45. The van der Waals surface area contributed by atoms with Gasteiger partial charge in [-0.2, -0.15) is 0 Å². The van der Waals surface area contributed by atoms with Crippen molar-refractivity contribution >= 4 is 80.8 Å². The molecule has 0 radical (unpaired) electrons. The lowest BCUT2D eigenvalue weighted by Crippen LogP contribution is -2.27. The maximum absolute atomic E-state index is 12.7. The lowest BCUT2D eigenvalue weighted by atomic mass is 10.1. The van der Waals surface area contributed by atoms with E-state index in [2.05, 4.69) is 22.6 Å². The average molecular weight is 621 g/mol. The number of anilines is 1. The Morgan fingerprint density at radius 2 is 1.78 bits per heavy atom. The normalized spacial score (nSPS) is 15.8. The van der Waals surface area contributed by atoms with Gasteiger partial charge in [0.15, 0.2) is 11.5 Å². The van der Waals surface area contributed by atoms with Crippen molar-refractivity contribution in [1.29, 1.82) is 0 Å². The SMILES string of the molecule is COc1cc([C@H]2SCC(=O)N2c2ccc(Cl)cc2)cc(I)c1OCc1ccc(Cl)cc1Cl. The molecule has 1 fully saturated rings. The van der Waals surface area contributed by atoms with E-state index in [-0.39, 0.29) is 17.9 Å². The number of thioether (sulfide) groups is 1. The summed E-state index contributed by atoms with van der Waals surface area (Å²) in [5, 5.41) is 1.57. The van der Waals surface area contributed by atoms with Gasteiger partial charge in [-0.3, -0.25) is 9.69 Å². The standard InChI is InChI=1S/C23H17Cl3INO3S/c1-30-20-9-14(23-28(21(29)12-32-23)17-6-4-15(24)5-7-17)8-19(27)22(20)31-11-13-2-3-16(25)10-18(13)26/h2-10,23H,11-12H2,1H3/t23-/m1/s1. The predicted octanol–water partition coefficient (Wildman–Crippen LogP) is 7.62. The van der Waals surface area contributed by atoms with Gasteiger partial charge in [0, 0.05) is 26.3 Å². The summed E-state index contributed by atoms with van der Waals surface area (Å²) in [7, 11) is 1.60. The molecule has 166 valence electrons. The lowest BCUT2D eigenvalue weighted by Gasteiger charge is -2.25. The fourth-order valence-electron chi connectivity index (χ4n) is 3.36. The third-order valence-corrected chi connectivity index (χ3v) is 7.75. The molecule has 1 aliphatic rings. The molecule has 0 aromatic heterocycles. The Bertz CT molecular complexity index is 1160. The molecule has 1 aliphatic heterocycles. The zero-order valence-electron chi connectivity index (χ0n) is 16.8. The van der Waals surface area contributed by atoms with Crippen molar-refractivity contribution < 1.29 is 14.3 Å². The molecule has 0 N–H and O–H groups in total. The molecule has 3 aromatic rings. The van der Waals surface area contributed by atoms with Crippen molar-refractivity contribution in [3.63, 3.8) is 0 Å². The Balaban J connectivity index is 1.62.